The van der Waals surface area contributed by atoms with Gasteiger partial charge in [-0.3, -0.25) is 4.79 Å². The van der Waals surface area contributed by atoms with E-state index >= 15 is 0 Å². The lowest BCUT2D eigenvalue weighted by Gasteiger charge is -2.36. The molecule has 3 rings (SSSR count). The average Bonchev–Trinajstić information content (AvgIpc) is 2.74. The largest absolute Gasteiger partial charge is 0.349 e. The highest BCUT2D eigenvalue weighted by Gasteiger charge is 2.37. The monoisotopic (exact) mass is 298 g/mol. The smallest absolute Gasteiger partial charge is 0.217 e. The molecule has 5 nitrogen and oxygen atoms in total. The Bertz CT molecular complexity index is 703. The quantitative estimate of drug-likeness (QED) is 0.927. The minimum Gasteiger partial charge on any atom is -0.349 e. The van der Waals surface area contributed by atoms with Crippen molar-refractivity contribution >= 4 is 5.91 Å². The van der Waals surface area contributed by atoms with E-state index in [9.17, 15) is 4.79 Å². The maximum atomic E-state index is 11.6. The Morgan fingerprint density at radius 1 is 1.41 bits per heavy atom. The summed E-state index contributed by atoms with van der Waals surface area (Å²) in [5, 5.41) is 7.77. The van der Waals surface area contributed by atoms with Gasteiger partial charge in [0.1, 0.15) is 0 Å². The first-order valence-corrected chi connectivity index (χ1v) is 7.64. The van der Waals surface area contributed by atoms with Crippen LogP contribution in [-0.4, -0.2) is 20.7 Å². The zero-order valence-electron chi connectivity index (χ0n) is 13.6. The fraction of sp³-hybridized carbons (Fsp3) is 0.471. The summed E-state index contributed by atoms with van der Waals surface area (Å²) in [6.07, 6.45) is 3.63. The number of amides is 1. The molecule has 2 heterocycles. The molecule has 1 aliphatic rings. The van der Waals surface area contributed by atoms with E-state index in [0.29, 0.717) is 0 Å². The van der Waals surface area contributed by atoms with Crippen molar-refractivity contribution in [2.75, 3.05) is 0 Å². The summed E-state index contributed by atoms with van der Waals surface area (Å²) in [7, 11) is 0. The minimum atomic E-state index is -0.00126. The molecule has 1 amide bonds. The van der Waals surface area contributed by atoms with Crippen molar-refractivity contribution in [3.63, 3.8) is 0 Å². The lowest BCUT2D eigenvalue weighted by Crippen LogP contribution is -2.36. The molecule has 0 aliphatic heterocycles. The third-order valence-electron chi connectivity index (χ3n) is 4.20. The number of hydrogen-bond acceptors (Lipinski definition) is 3. The molecule has 0 aromatic carbocycles. The fourth-order valence-electron chi connectivity index (χ4n) is 3.43. The van der Waals surface area contributed by atoms with Gasteiger partial charge in [-0.05, 0) is 37.3 Å². The van der Waals surface area contributed by atoms with Gasteiger partial charge in [0.15, 0.2) is 5.82 Å². The van der Waals surface area contributed by atoms with Crippen LogP contribution < -0.4 is 5.32 Å². The van der Waals surface area contributed by atoms with Crippen LogP contribution in [0.1, 0.15) is 50.2 Å². The number of carbonyl (C=O) groups is 1. The number of nitrogens with one attached hydrogen (secondary N) is 1. The predicted octanol–water partition coefficient (Wildman–Crippen LogP) is 2.73. The average molecular weight is 298 g/mol. The maximum Gasteiger partial charge on any atom is 0.217 e. The second-order valence-electron chi connectivity index (χ2n) is 6.84. The van der Waals surface area contributed by atoms with E-state index in [-0.39, 0.29) is 17.4 Å². The van der Waals surface area contributed by atoms with Crippen LogP contribution in [0.3, 0.4) is 0 Å². The van der Waals surface area contributed by atoms with Crippen LogP contribution in [0.2, 0.25) is 0 Å². The molecule has 0 fully saturated rings. The number of carbonyl (C=O) groups excluding carboxylic acids is 1. The topological polar surface area (TPSA) is 59.8 Å². The summed E-state index contributed by atoms with van der Waals surface area (Å²) < 4.78 is 1.93. The molecule has 0 spiro atoms. The lowest BCUT2D eigenvalue weighted by molar-refractivity contribution is -0.120. The normalized spacial score (nSPS) is 19.5. The second kappa shape index (κ2) is 5.23. The molecule has 1 aliphatic carbocycles. The van der Waals surface area contributed by atoms with E-state index in [0.717, 1.165) is 35.6 Å². The Morgan fingerprint density at radius 3 is 2.82 bits per heavy atom. The van der Waals surface area contributed by atoms with Crippen LogP contribution >= 0.6 is 0 Å². The molecule has 1 unspecified atom stereocenters. The highest BCUT2D eigenvalue weighted by molar-refractivity contribution is 5.73. The van der Waals surface area contributed by atoms with Crippen LogP contribution in [0.4, 0.5) is 0 Å². The van der Waals surface area contributed by atoms with Crippen LogP contribution in [0, 0.1) is 12.3 Å². The van der Waals surface area contributed by atoms with Crippen molar-refractivity contribution in [3.8, 4) is 5.82 Å². The first-order chi connectivity index (χ1) is 10.4. The van der Waals surface area contributed by atoms with E-state index in [1.807, 2.05) is 29.8 Å². The van der Waals surface area contributed by atoms with Crippen molar-refractivity contribution < 1.29 is 4.79 Å². The Hall–Kier alpha value is -2.17. The fourth-order valence-corrected chi connectivity index (χ4v) is 3.43. The van der Waals surface area contributed by atoms with Gasteiger partial charge >= 0.3 is 0 Å². The summed E-state index contributed by atoms with van der Waals surface area (Å²) in [6, 6.07) is 5.84. The van der Waals surface area contributed by atoms with Crippen molar-refractivity contribution in [3.05, 3.63) is 41.3 Å². The zero-order valence-corrected chi connectivity index (χ0v) is 13.6. The predicted molar refractivity (Wildman–Crippen MR) is 84.8 cm³/mol. The third-order valence-corrected chi connectivity index (χ3v) is 4.20. The summed E-state index contributed by atoms with van der Waals surface area (Å²) in [4.78, 5) is 16.0. The maximum absolute atomic E-state index is 11.6. The molecule has 2 aromatic rings. The molecule has 0 bridgehead atoms. The molecule has 2 aromatic heterocycles. The highest BCUT2D eigenvalue weighted by Crippen LogP contribution is 2.42. The number of pyridine rings is 1. The molecule has 1 atom stereocenters. The van der Waals surface area contributed by atoms with E-state index in [1.165, 1.54) is 0 Å². The van der Waals surface area contributed by atoms with Gasteiger partial charge in [-0.15, -0.1) is 0 Å². The van der Waals surface area contributed by atoms with Gasteiger partial charge in [0, 0.05) is 18.7 Å². The van der Waals surface area contributed by atoms with Gasteiger partial charge in [-0.25, -0.2) is 9.67 Å². The number of fused-ring (bicyclic) bond motifs is 1. The van der Waals surface area contributed by atoms with E-state index in [2.05, 4.69) is 29.2 Å². The Morgan fingerprint density at radius 2 is 2.18 bits per heavy atom. The molecule has 22 heavy (non-hydrogen) atoms. The van der Waals surface area contributed by atoms with Crippen LogP contribution in [0.25, 0.3) is 5.82 Å². The Kier molecular flexibility index (Phi) is 3.51. The molecule has 5 heteroatoms. The third kappa shape index (κ3) is 2.63. The molecular weight excluding hydrogens is 276 g/mol. The molecule has 1 N–H and O–H groups in total. The second-order valence-corrected chi connectivity index (χ2v) is 6.84. The van der Waals surface area contributed by atoms with Gasteiger partial charge < -0.3 is 5.32 Å². The van der Waals surface area contributed by atoms with Gasteiger partial charge in [0.05, 0.1) is 17.4 Å². The highest BCUT2D eigenvalue weighted by atomic mass is 16.1. The first kappa shape index (κ1) is 14.8. The van der Waals surface area contributed by atoms with Crippen molar-refractivity contribution in [1.29, 1.82) is 0 Å². The summed E-state index contributed by atoms with van der Waals surface area (Å²) >= 11 is 0. The SMILES string of the molecule is CC(=O)NC1CC(C)(C)Cc2c1c(C)nn2-c1ccccn1. The van der Waals surface area contributed by atoms with E-state index in [4.69, 9.17) is 0 Å². The van der Waals surface area contributed by atoms with Gasteiger partial charge in [-0.1, -0.05) is 19.9 Å². The zero-order chi connectivity index (χ0) is 15.9. The van der Waals surface area contributed by atoms with Gasteiger partial charge in [0.25, 0.3) is 0 Å². The van der Waals surface area contributed by atoms with E-state index < -0.39 is 0 Å². The number of hydrogen-bond donors (Lipinski definition) is 1. The number of aryl methyl sites for hydroxylation is 1. The van der Waals surface area contributed by atoms with Crippen LogP contribution in [0.5, 0.6) is 0 Å². The number of rotatable bonds is 2. The standard InChI is InChI=1S/C17H22N4O/c1-11-16-13(19-12(2)22)9-17(3,4)10-14(16)21(20-11)15-7-5-6-8-18-15/h5-8,13H,9-10H2,1-4H3,(H,19,22). The van der Waals surface area contributed by atoms with Crippen molar-refractivity contribution in [1.82, 2.24) is 20.1 Å². The number of nitrogens with zero attached hydrogens (tertiary/aromatic N) is 3. The van der Waals surface area contributed by atoms with Crippen molar-refractivity contribution in [2.45, 2.75) is 46.6 Å². The summed E-state index contributed by atoms with van der Waals surface area (Å²) in [5.41, 5.74) is 3.39. The Balaban J connectivity index is 2.13. The molecule has 0 saturated heterocycles. The molecule has 0 saturated carbocycles. The van der Waals surface area contributed by atoms with Crippen LogP contribution in [0.15, 0.2) is 24.4 Å². The molecular formula is C17H22N4O. The summed E-state index contributed by atoms with van der Waals surface area (Å²) in [5.74, 6) is 0.824. The van der Waals surface area contributed by atoms with Crippen molar-refractivity contribution in [2.24, 2.45) is 5.41 Å². The molecule has 116 valence electrons. The number of aromatic nitrogens is 3. The lowest BCUT2D eigenvalue weighted by atomic mass is 9.73. The summed E-state index contributed by atoms with van der Waals surface area (Å²) in [6.45, 7) is 8.04. The first-order valence-electron chi connectivity index (χ1n) is 7.64. The Labute approximate surface area is 130 Å². The van der Waals surface area contributed by atoms with E-state index in [1.54, 1.807) is 13.1 Å². The molecule has 0 radical (unpaired) electrons. The van der Waals surface area contributed by atoms with Crippen LogP contribution in [-0.2, 0) is 11.2 Å². The van der Waals surface area contributed by atoms with Gasteiger partial charge in [-0.2, -0.15) is 5.10 Å². The van der Waals surface area contributed by atoms with Gasteiger partial charge in [0.2, 0.25) is 5.91 Å². The minimum absolute atomic E-state index is 0.00126.